The fraction of sp³-hybridized carbons (Fsp3) is 0.333. The number of amides is 2. The first-order valence-electron chi connectivity index (χ1n) is 8.23. The molecule has 0 bridgehead atoms. The number of nitrogens with zero attached hydrogens (tertiary/aromatic N) is 2. The summed E-state index contributed by atoms with van der Waals surface area (Å²) in [5.41, 5.74) is 2.98. The standard InChI is InChI=1S/C18H20N4O3S/c1-4-16(23)22-14-7-13-12(5-15(14)25-2)11(6-17(24)21-13)10-8-19-18(26-3)20-9-10/h5,7-9,11H,4,6H2,1-3H3,(H,21,24)(H,22,23). The number of fused-ring (bicyclic) bond motifs is 1. The molecule has 0 radical (unpaired) electrons. The Morgan fingerprint density at radius 1 is 1.38 bits per heavy atom. The molecule has 0 spiro atoms. The first-order chi connectivity index (χ1) is 12.5. The van der Waals surface area contributed by atoms with Gasteiger partial charge in [-0.05, 0) is 29.5 Å². The van der Waals surface area contributed by atoms with E-state index in [0.29, 0.717) is 35.1 Å². The van der Waals surface area contributed by atoms with Gasteiger partial charge in [0.1, 0.15) is 5.75 Å². The van der Waals surface area contributed by atoms with Crippen molar-refractivity contribution >= 4 is 35.0 Å². The van der Waals surface area contributed by atoms with Gasteiger partial charge in [0.15, 0.2) is 5.16 Å². The molecule has 2 heterocycles. The Bertz CT molecular complexity index is 839. The van der Waals surface area contributed by atoms with Crippen LogP contribution in [0, 0.1) is 0 Å². The fourth-order valence-corrected chi connectivity index (χ4v) is 3.22. The summed E-state index contributed by atoms with van der Waals surface area (Å²) in [5, 5.41) is 6.36. The highest BCUT2D eigenvalue weighted by molar-refractivity contribution is 7.98. The van der Waals surface area contributed by atoms with Gasteiger partial charge in [0.2, 0.25) is 11.8 Å². The zero-order chi connectivity index (χ0) is 18.7. The van der Waals surface area contributed by atoms with Crippen LogP contribution < -0.4 is 15.4 Å². The lowest BCUT2D eigenvalue weighted by Gasteiger charge is -2.27. The normalized spacial score (nSPS) is 15.8. The summed E-state index contributed by atoms with van der Waals surface area (Å²) in [6.07, 6.45) is 6.08. The minimum Gasteiger partial charge on any atom is -0.495 e. The molecule has 26 heavy (non-hydrogen) atoms. The van der Waals surface area contributed by atoms with Crippen LogP contribution in [0.3, 0.4) is 0 Å². The van der Waals surface area contributed by atoms with E-state index >= 15 is 0 Å². The van der Waals surface area contributed by atoms with Gasteiger partial charge in [-0.3, -0.25) is 9.59 Å². The molecule has 0 saturated carbocycles. The second-order valence-corrected chi connectivity index (χ2v) is 6.62. The smallest absolute Gasteiger partial charge is 0.225 e. The maximum Gasteiger partial charge on any atom is 0.225 e. The average molecular weight is 372 g/mol. The number of benzene rings is 1. The van der Waals surface area contributed by atoms with Gasteiger partial charge in [-0.2, -0.15) is 0 Å². The van der Waals surface area contributed by atoms with Gasteiger partial charge >= 0.3 is 0 Å². The summed E-state index contributed by atoms with van der Waals surface area (Å²) >= 11 is 1.46. The van der Waals surface area contributed by atoms with Crippen LogP contribution in [-0.2, 0) is 9.59 Å². The molecule has 1 aliphatic heterocycles. The maximum atomic E-state index is 12.2. The van der Waals surface area contributed by atoms with E-state index in [1.807, 2.05) is 12.3 Å². The number of anilines is 2. The van der Waals surface area contributed by atoms with Crippen LogP contribution in [0.5, 0.6) is 5.75 Å². The van der Waals surface area contributed by atoms with Crippen LogP contribution >= 0.6 is 11.8 Å². The number of rotatable bonds is 5. The van der Waals surface area contributed by atoms with E-state index in [4.69, 9.17) is 4.74 Å². The maximum absolute atomic E-state index is 12.2. The monoisotopic (exact) mass is 372 g/mol. The van der Waals surface area contributed by atoms with Gasteiger partial charge in [-0.15, -0.1) is 0 Å². The summed E-state index contributed by atoms with van der Waals surface area (Å²) in [4.78, 5) is 32.6. The third-order valence-corrected chi connectivity index (χ3v) is 4.81. The minimum atomic E-state index is -0.167. The van der Waals surface area contributed by atoms with Gasteiger partial charge < -0.3 is 15.4 Å². The van der Waals surface area contributed by atoms with Gasteiger partial charge in [-0.25, -0.2) is 9.97 Å². The molecule has 136 valence electrons. The molecule has 1 aromatic carbocycles. The molecule has 3 rings (SSSR count). The summed E-state index contributed by atoms with van der Waals surface area (Å²) in [6, 6.07) is 3.59. The zero-order valence-electron chi connectivity index (χ0n) is 14.8. The molecule has 0 saturated heterocycles. The van der Waals surface area contributed by atoms with E-state index < -0.39 is 0 Å². The minimum absolute atomic E-state index is 0.0885. The van der Waals surface area contributed by atoms with E-state index in [-0.39, 0.29) is 17.7 Å². The number of nitrogens with one attached hydrogen (secondary N) is 2. The Kier molecular flexibility index (Phi) is 5.41. The third kappa shape index (κ3) is 3.65. The zero-order valence-corrected chi connectivity index (χ0v) is 15.6. The number of methoxy groups -OCH3 is 1. The predicted octanol–water partition coefficient (Wildman–Crippen LogP) is 3.03. The van der Waals surface area contributed by atoms with E-state index in [9.17, 15) is 9.59 Å². The van der Waals surface area contributed by atoms with Gasteiger partial charge in [0.25, 0.3) is 0 Å². The quantitative estimate of drug-likeness (QED) is 0.619. The highest BCUT2D eigenvalue weighted by Crippen LogP contribution is 2.42. The number of ether oxygens (including phenoxy) is 1. The lowest BCUT2D eigenvalue weighted by molar-refractivity contribution is -0.117. The molecule has 0 aliphatic carbocycles. The SMILES string of the molecule is CCC(=O)Nc1cc2c(cc1OC)C(c1cnc(SC)nc1)CC(=O)N2. The molecular weight excluding hydrogens is 352 g/mol. The molecule has 0 fully saturated rings. The average Bonchev–Trinajstić information content (AvgIpc) is 2.66. The van der Waals surface area contributed by atoms with Crippen LogP contribution in [0.1, 0.15) is 36.8 Å². The van der Waals surface area contributed by atoms with Crippen molar-refractivity contribution in [3.63, 3.8) is 0 Å². The Balaban J connectivity index is 2.04. The third-order valence-electron chi connectivity index (χ3n) is 4.24. The van der Waals surface area contributed by atoms with Crippen molar-refractivity contribution in [2.45, 2.75) is 30.8 Å². The molecule has 1 unspecified atom stereocenters. The Morgan fingerprint density at radius 2 is 2.12 bits per heavy atom. The van der Waals surface area contributed by atoms with Crippen molar-refractivity contribution in [2.75, 3.05) is 24.0 Å². The fourth-order valence-electron chi connectivity index (χ4n) is 2.90. The molecule has 7 nitrogen and oxygen atoms in total. The second kappa shape index (κ2) is 7.74. The first kappa shape index (κ1) is 18.2. The highest BCUT2D eigenvalue weighted by Gasteiger charge is 2.29. The van der Waals surface area contributed by atoms with Crippen molar-refractivity contribution in [3.8, 4) is 5.75 Å². The van der Waals surface area contributed by atoms with E-state index in [0.717, 1.165) is 11.1 Å². The summed E-state index contributed by atoms with van der Waals surface area (Å²) in [7, 11) is 1.55. The predicted molar refractivity (Wildman–Crippen MR) is 101 cm³/mol. The molecule has 2 amide bonds. The van der Waals surface area contributed by atoms with Crippen molar-refractivity contribution in [1.29, 1.82) is 0 Å². The van der Waals surface area contributed by atoms with Crippen LogP contribution in [0.25, 0.3) is 0 Å². The van der Waals surface area contributed by atoms with Crippen LogP contribution in [0.2, 0.25) is 0 Å². The summed E-state index contributed by atoms with van der Waals surface area (Å²) < 4.78 is 5.44. The first-order valence-corrected chi connectivity index (χ1v) is 9.45. The second-order valence-electron chi connectivity index (χ2n) is 5.85. The Morgan fingerprint density at radius 3 is 2.73 bits per heavy atom. The van der Waals surface area contributed by atoms with Crippen LogP contribution in [0.4, 0.5) is 11.4 Å². The van der Waals surface area contributed by atoms with E-state index in [2.05, 4.69) is 20.6 Å². The van der Waals surface area contributed by atoms with Crippen molar-refractivity contribution in [1.82, 2.24) is 9.97 Å². The number of aromatic nitrogens is 2. The van der Waals surface area contributed by atoms with E-state index in [1.165, 1.54) is 11.8 Å². The van der Waals surface area contributed by atoms with Gasteiger partial charge in [0, 0.05) is 36.8 Å². The summed E-state index contributed by atoms with van der Waals surface area (Å²) in [6.45, 7) is 1.77. The number of carbonyl (C=O) groups is 2. The molecule has 2 aromatic rings. The number of carbonyl (C=O) groups excluding carboxylic acids is 2. The Hall–Kier alpha value is -2.61. The number of hydrogen-bond acceptors (Lipinski definition) is 6. The molecule has 8 heteroatoms. The van der Waals surface area contributed by atoms with Crippen molar-refractivity contribution in [3.05, 3.63) is 35.7 Å². The topological polar surface area (TPSA) is 93.2 Å². The lowest BCUT2D eigenvalue weighted by Crippen LogP contribution is -2.24. The largest absolute Gasteiger partial charge is 0.495 e. The summed E-state index contributed by atoms with van der Waals surface area (Å²) in [5.74, 6) is 0.171. The number of thioether (sulfide) groups is 1. The molecule has 1 aliphatic rings. The highest BCUT2D eigenvalue weighted by atomic mass is 32.2. The van der Waals surface area contributed by atoms with Crippen molar-refractivity contribution < 1.29 is 14.3 Å². The van der Waals surface area contributed by atoms with Crippen LogP contribution in [-0.4, -0.2) is 35.1 Å². The van der Waals surface area contributed by atoms with Crippen LogP contribution in [0.15, 0.2) is 29.7 Å². The number of hydrogen-bond donors (Lipinski definition) is 2. The Labute approximate surface area is 156 Å². The molecule has 1 aromatic heterocycles. The molecule has 1 atom stereocenters. The van der Waals surface area contributed by atoms with Gasteiger partial charge in [-0.1, -0.05) is 18.7 Å². The molecule has 2 N–H and O–H groups in total. The van der Waals surface area contributed by atoms with Gasteiger partial charge in [0.05, 0.1) is 12.8 Å². The lowest BCUT2D eigenvalue weighted by atomic mass is 9.85. The molecular formula is C18H20N4O3S. The van der Waals surface area contributed by atoms with Crippen molar-refractivity contribution in [2.24, 2.45) is 0 Å². The van der Waals surface area contributed by atoms with E-state index in [1.54, 1.807) is 32.5 Å².